The lowest BCUT2D eigenvalue weighted by molar-refractivity contribution is 0.474. The molecule has 3 nitrogen and oxygen atoms in total. The number of rotatable bonds is 2. The zero-order chi connectivity index (χ0) is 7.40. The van der Waals surface area contributed by atoms with E-state index < -0.39 is 0 Å². The summed E-state index contributed by atoms with van der Waals surface area (Å²) in [5.41, 5.74) is 11.0. The molecule has 0 spiro atoms. The summed E-state index contributed by atoms with van der Waals surface area (Å²) in [6, 6.07) is 0.958. The summed E-state index contributed by atoms with van der Waals surface area (Å²) in [5, 5.41) is 3.38. The van der Waals surface area contributed by atoms with Gasteiger partial charge in [-0.25, -0.2) is 0 Å². The van der Waals surface area contributed by atoms with E-state index in [2.05, 4.69) is 5.32 Å². The van der Waals surface area contributed by atoms with Gasteiger partial charge in [-0.2, -0.15) is 11.8 Å². The molecule has 1 aliphatic heterocycles. The summed E-state index contributed by atoms with van der Waals surface area (Å²) < 4.78 is 0. The largest absolute Gasteiger partial charge is 0.329 e. The second-order valence-electron chi connectivity index (χ2n) is 2.57. The van der Waals surface area contributed by atoms with Gasteiger partial charge in [0.1, 0.15) is 0 Å². The van der Waals surface area contributed by atoms with Crippen LogP contribution >= 0.6 is 11.8 Å². The number of nitrogens with two attached hydrogens (primary N) is 2. The summed E-state index contributed by atoms with van der Waals surface area (Å²) in [7, 11) is 0. The normalized spacial score (nSPS) is 34.2. The van der Waals surface area contributed by atoms with Gasteiger partial charge >= 0.3 is 0 Å². The molecule has 0 radical (unpaired) electrons. The standard InChI is InChI=1S/C6H15N3S/c7-1-5-3-10-4-6(2-8)9-5/h5-6,9H,1-4,7-8H2. The summed E-state index contributed by atoms with van der Waals surface area (Å²) in [4.78, 5) is 0. The molecule has 0 bridgehead atoms. The number of thioether (sulfide) groups is 1. The third-order valence-electron chi connectivity index (χ3n) is 1.68. The fourth-order valence-electron chi connectivity index (χ4n) is 1.05. The minimum absolute atomic E-state index is 0.479. The van der Waals surface area contributed by atoms with Crippen LogP contribution < -0.4 is 16.8 Å². The van der Waals surface area contributed by atoms with Gasteiger partial charge in [0.2, 0.25) is 0 Å². The zero-order valence-corrected chi connectivity index (χ0v) is 6.86. The van der Waals surface area contributed by atoms with Crippen molar-refractivity contribution in [2.24, 2.45) is 11.5 Å². The van der Waals surface area contributed by atoms with Crippen molar-refractivity contribution in [1.29, 1.82) is 0 Å². The van der Waals surface area contributed by atoms with Crippen molar-refractivity contribution in [2.45, 2.75) is 12.1 Å². The van der Waals surface area contributed by atoms with Crippen molar-refractivity contribution in [2.75, 3.05) is 24.6 Å². The number of nitrogens with one attached hydrogen (secondary N) is 1. The second-order valence-corrected chi connectivity index (χ2v) is 3.64. The van der Waals surface area contributed by atoms with Gasteiger partial charge in [0.15, 0.2) is 0 Å². The Morgan fingerprint density at radius 1 is 1.20 bits per heavy atom. The van der Waals surface area contributed by atoms with Crippen molar-refractivity contribution in [3.05, 3.63) is 0 Å². The van der Waals surface area contributed by atoms with Crippen LogP contribution in [0.25, 0.3) is 0 Å². The molecule has 1 heterocycles. The number of hydrogen-bond donors (Lipinski definition) is 3. The Bertz CT molecular complexity index is 89.0. The molecule has 0 aliphatic carbocycles. The average molecular weight is 161 g/mol. The summed E-state index contributed by atoms with van der Waals surface area (Å²) in [5.74, 6) is 2.26. The molecule has 0 aromatic carbocycles. The van der Waals surface area contributed by atoms with Gasteiger partial charge in [0, 0.05) is 36.7 Å². The molecular formula is C6H15N3S. The molecule has 5 N–H and O–H groups in total. The number of hydrogen-bond acceptors (Lipinski definition) is 4. The van der Waals surface area contributed by atoms with Crippen molar-refractivity contribution in [3.63, 3.8) is 0 Å². The van der Waals surface area contributed by atoms with Crippen LogP contribution in [0.2, 0.25) is 0 Å². The van der Waals surface area contributed by atoms with Crippen LogP contribution in [0.5, 0.6) is 0 Å². The van der Waals surface area contributed by atoms with E-state index in [0.717, 1.165) is 24.6 Å². The average Bonchev–Trinajstić information content (AvgIpc) is 2.05. The van der Waals surface area contributed by atoms with E-state index in [1.807, 2.05) is 11.8 Å². The van der Waals surface area contributed by atoms with Crippen LogP contribution in [0.3, 0.4) is 0 Å². The molecule has 1 aliphatic rings. The first-order valence-corrected chi connectivity index (χ1v) is 4.76. The highest BCUT2D eigenvalue weighted by Crippen LogP contribution is 2.10. The Labute approximate surface area is 65.9 Å². The molecule has 60 valence electrons. The zero-order valence-electron chi connectivity index (χ0n) is 6.05. The highest BCUT2D eigenvalue weighted by Gasteiger charge is 2.18. The fraction of sp³-hybridized carbons (Fsp3) is 1.00. The molecule has 1 fully saturated rings. The van der Waals surface area contributed by atoms with Crippen LogP contribution in [0.4, 0.5) is 0 Å². The maximum atomic E-state index is 5.50. The van der Waals surface area contributed by atoms with Crippen molar-refractivity contribution in [1.82, 2.24) is 5.32 Å². The van der Waals surface area contributed by atoms with Crippen LogP contribution in [-0.4, -0.2) is 36.7 Å². The van der Waals surface area contributed by atoms with E-state index in [9.17, 15) is 0 Å². The van der Waals surface area contributed by atoms with Crippen LogP contribution in [-0.2, 0) is 0 Å². The first-order valence-electron chi connectivity index (χ1n) is 3.60. The molecule has 0 aromatic heterocycles. The van der Waals surface area contributed by atoms with Gasteiger partial charge in [-0.05, 0) is 0 Å². The Morgan fingerprint density at radius 3 is 2.10 bits per heavy atom. The molecule has 4 heteroatoms. The molecule has 10 heavy (non-hydrogen) atoms. The van der Waals surface area contributed by atoms with Gasteiger partial charge < -0.3 is 16.8 Å². The summed E-state index contributed by atoms with van der Waals surface area (Å²) in [6.45, 7) is 1.45. The first-order chi connectivity index (χ1) is 4.86. The molecule has 0 saturated carbocycles. The van der Waals surface area contributed by atoms with Gasteiger partial charge in [0.25, 0.3) is 0 Å². The van der Waals surface area contributed by atoms with Gasteiger partial charge in [-0.15, -0.1) is 0 Å². The Balaban J connectivity index is 2.25. The van der Waals surface area contributed by atoms with E-state index in [4.69, 9.17) is 11.5 Å². The maximum Gasteiger partial charge on any atom is 0.0284 e. The Hall–Kier alpha value is 0.230. The first kappa shape index (κ1) is 8.33. The highest BCUT2D eigenvalue weighted by molar-refractivity contribution is 7.99. The molecular weight excluding hydrogens is 146 g/mol. The van der Waals surface area contributed by atoms with E-state index in [1.54, 1.807) is 0 Å². The second kappa shape index (κ2) is 4.18. The molecule has 0 aromatic rings. The van der Waals surface area contributed by atoms with E-state index in [-0.39, 0.29) is 0 Å². The fourth-order valence-corrected chi connectivity index (χ4v) is 2.22. The van der Waals surface area contributed by atoms with Crippen LogP contribution in [0.1, 0.15) is 0 Å². The molecule has 2 atom stereocenters. The van der Waals surface area contributed by atoms with Crippen LogP contribution in [0.15, 0.2) is 0 Å². The molecule has 2 unspecified atom stereocenters. The molecule has 0 amide bonds. The summed E-state index contributed by atoms with van der Waals surface area (Å²) in [6.07, 6.45) is 0. The van der Waals surface area contributed by atoms with Crippen LogP contribution in [0, 0.1) is 0 Å². The maximum absolute atomic E-state index is 5.50. The van der Waals surface area contributed by atoms with E-state index in [1.165, 1.54) is 0 Å². The lowest BCUT2D eigenvalue weighted by Crippen LogP contribution is -2.51. The van der Waals surface area contributed by atoms with E-state index in [0.29, 0.717) is 12.1 Å². The van der Waals surface area contributed by atoms with E-state index >= 15 is 0 Å². The molecule has 1 rings (SSSR count). The lowest BCUT2D eigenvalue weighted by atomic mass is 10.2. The smallest absolute Gasteiger partial charge is 0.0284 e. The van der Waals surface area contributed by atoms with Gasteiger partial charge in [-0.3, -0.25) is 0 Å². The molecule has 1 saturated heterocycles. The van der Waals surface area contributed by atoms with Gasteiger partial charge in [0.05, 0.1) is 0 Å². The topological polar surface area (TPSA) is 64.1 Å². The Kier molecular flexibility index (Phi) is 3.48. The monoisotopic (exact) mass is 161 g/mol. The minimum atomic E-state index is 0.479. The predicted octanol–water partition coefficient (Wildman–Crippen LogP) is -1.02. The predicted molar refractivity (Wildman–Crippen MR) is 46.1 cm³/mol. The quantitative estimate of drug-likeness (QED) is 0.485. The third-order valence-corrected chi connectivity index (χ3v) is 2.95. The minimum Gasteiger partial charge on any atom is -0.329 e. The van der Waals surface area contributed by atoms with Crippen molar-refractivity contribution >= 4 is 11.8 Å². The summed E-state index contributed by atoms with van der Waals surface area (Å²) >= 11 is 1.94. The third kappa shape index (κ3) is 2.12. The van der Waals surface area contributed by atoms with Gasteiger partial charge in [-0.1, -0.05) is 0 Å². The Morgan fingerprint density at radius 2 is 1.70 bits per heavy atom. The van der Waals surface area contributed by atoms with Crippen molar-refractivity contribution < 1.29 is 0 Å². The van der Waals surface area contributed by atoms with Crippen molar-refractivity contribution in [3.8, 4) is 0 Å². The highest BCUT2D eigenvalue weighted by atomic mass is 32.2. The SMILES string of the molecule is NCC1CSCC(CN)N1. The lowest BCUT2D eigenvalue weighted by Gasteiger charge is -2.28.